The Morgan fingerprint density at radius 3 is 2.59 bits per heavy atom. The smallest absolute Gasteiger partial charge is 0.211 e. The minimum Gasteiger partial charge on any atom is -0.342 e. The quantitative estimate of drug-likeness (QED) is 0.559. The van der Waals surface area contributed by atoms with E-state index in [0.717, 1.165) is 35.8 Å². The summed E-state index contributed by atoms with van der Waals surface area (Å²) in [4.78, 5) is 12.9. The van der Waals surface area contributed by atoms with Crippen LogP contribution in [0.25, 0.3) is 5.65 Å². The molecule has 2 N–H and O–H groups in total. The molecule has 1 spiro atoms. The van der Waals surface area contributed by atoms with Gasteiger partial charge in [0, 0.05) is 37.9 Å². The summed E-state index contributed by atoms with van der Waals surface area (Å²) in [5.74, 6) is 0.929. The third kappa shape index (κ3) is 3.62. The maximum absolute atomic E-state index is 7.67. The van der Waals surface area contributed by atoms with E-state index in [9.17, 15) is 0 Å². The van der Waals surface area contributed by atoms with E-state index in [0.29, 0.717) is 10.3 Å². The largest absolute Gasteiger partial charge is 0.342 e. The normalized spacial score (nSPS) is 19.7. The molecular formula is C19H23ClN6S. The summed E-state index contributed by atoms with van der Waals surface area (Å²) in [6, 6.07) is 0. The first kappa shape index (κ1) is 18.5. The van der Waals surface area contributed by atoms with Crippen LogP contribution in [0.5, 0.6) is 0 Å². The van der Waals surface area contributed by atoms with Crippen molar-refractivity contribution >= 4 is 46.3 Å². The molecule has 142 valence electrons. The molecule has 0 unspecified atom stereocenters. The molecule has 0 atom stereocenters. The lowest BCUT2D eigenvalue weighted by Crippen LogP contribution is -2.40. The molecular weight excluding hydrogens is 380 g/mol. The zero-order valence-electron chi connectivity index (χ0n) is 15.1. The van der Waals surface area contributed by atoms with Crippen molar-refractivity contribution in [3.8, 4) is 0 Å². The first-order valence-corrected chi connectivity index (χ1v) is 10.5. The molecule has 2 fully saturated rings. The monoisotopic (exact) mass is 402 g/mol. The number of piperidine rings is 1. The van der Waals surface area contributed by atoms with Gasteiger partial charge in [-0.05, 0) is 37.2 Å². The van der Waals surface area contributed by atoms with E-state index in [1.165, 1.54) is 56.4 Å². The van der Waals surface area contributed by atoms with Gasteiger partial charge in [0.1, 0.15) is 5.17 Å². The van der Waals surface area contributed by atoms with Crippen LogP contribution in [0, 0.1) is 16.2 Å². The van der Waals surface area contributed by atoms with E-state index in [1.54, 1.807) is 12.4 Å². The fraction of sp³-hybridized carbons (Fsp3) is 0.474. The Bertz CT molecular complexity index is 889. The van der Waals surface area contributed by atoms with E-state index in [1.807, 2.05) is 10.6 Å². The van der Waals surface area contributed by atoms with Gasteiger partial charge in [0.2, 0.25) is 5.95 Å². The summed E-state index contributed by atoms with van der Waals surface area (Å²) in [6.45, 7) is 2.08. The van der Waals surface area contributed by atoms with Crippen molar-refractivity contribution < 1.29 is 0 Å². The lowest BCUT2D eigenvalue weighted by Gasteiger charge is -2.39. The van der Waals surface area contributed by atoms with Crippen LogP contribution < -0.4 is 4.90 Å². The zero-order valence-corrected chi connectivity index (χ0v) is 16.7. The third-order valence-corrected chi connectivity index (χ3v) is 7.20. The van der Waals surface area contributed by atoms with Crippen LogP contribution in [-0.2, 0) is 0 Å². The van der Waals surface area contributed by atoms with E-state index >= 15 is 0 Å². The molecule has 3 heterocycles. The number of halogens is 1. The van der Waals surface area contributed by atoms with Gasteiger partial charge in [-0.3, -0.25) is 9.81 Å². The van der Waals surface area contributed by atoms with Crippen molar-refractivity contribution in [1.29, 1.82) is 10.8 Å². The molecule has 4 rings (SSSR count). The summed E-state index contributed by atoms with van der Waals surface area (Å²) < 4.78 is 2.02. The van der Waals surface area contributed by atoms with E-state index < -0.39 is 0 Å². The highest BCUT2D eigenvalue weighted by Crippen LogP contribution is 2.46. The molecule has 1 aliphatic carbocycles. The number of imidazole rings is 1. The maximum Gasteiger partial charge on any atom is 0.211 e. The van der Waals surface area contributed by atoms with Crippen molar-refractivity contribution in [1.82, 2.24) is 14.4 Å². The second-order valence-corrected chi connectivity index (χ2v) is 8.81. The molecule has 0 bridgehead atoms. The summed E-state index contributed by atoms with van der Waals surface area (Å²) in [6.07, 6.45) is 16.2. The molecule has 0 amide bonds. The second kappa shape index (κ2) is 7.64. The number of hydrogen-bond donors (Lipinski definition) is 2. The molecule has 2 aromatic rings. The SMILES string of the molecule is N=C/C=C(/Sc1cnc(N2CCC3(CCCC3)CC2)n2ccnc12)C(=N)Cl. The molecule has 1 aliphatic heterocycles. The minimum atomic E-state index is -0.0878. The molecule has 2 aromatic heterocycles. The number of nitrogens with one attached hydrogen (secondary N) is 2. The number of fused-ring (bicyclic) bond motifs is 1. The Labute approximate surface area is 168 Å². The summed E-state index contributed by atoms with van der Waals surface area (Å²) in [5.41, 5.74) is 1.38. The molecule has 8 heteroatoms. The second-order valence-electron chi connectivity index (χ2n) is 7.35. The fourth-order valence-electron chi connectivity index (χ4n) is 4.34. The third-order valence-electron chi connectivity index (χ3n) is 5.82. The van der Waals surface area contributed by atoms with E-state index in [2.05, 4.69) is 9.88 Å². The number of thioether (sulfide) groups is 1. The fourth-order valence-corrected chi connectivity index (χ4v) is 5.33. The first-order chi connectivity index (χ1) is 13.1. The molecule has 27 heavy (non-hydrogen) atoms. The summed E-state index contributed by atoms with van der Waals surface area (Å²) >= 11 is 7.16. The maximum atomic E-state index is 7.67. The van der Waals surface area contributed by atoms with Crippen LogP contribution in [0.4, 0.5) is 5.95 Å². The van der Waals surface area contributed by atoms with E-state index in [-0.39, 0.29) is 5.17 Å². The van der Waals surface area contributed by atoms with Gasteiger partial charge < -0.3 is 10.3 Å². The highest BCUT2D eigenvalue weighted by atomic mass is 35.5. The Morgan fingerprint density at radius 2 is 1.93 bits per heavy atom. The van der Waals surface area contributed by atoms with Gasteiger partial charge in [0.05, 0.1) is 9.80 Å². The Balaban J connectivity index is 1.59. The lowest BCUT2D eigenvalue weighted by atomic mass is 9.77. The molecule has 6 nitrogen and oxygen atoms in total. The molecule has 0 radical (unpaired) electrons. The molecule has 2 aliphatic rings. The van der Waals surface area contributed by atoms with Crippen LogP contribution in [0.3, 0.4) is 0 Å². The highest BCUT2D eigenvalue weighted by Gasteiger charge is 2.37. The van der Waals surface area contributed by atoms with Gasteiger partial charge in [-0.15, -0.1) is 0 Å². The Kier molecular flexibility index (Phi) is 5.23. The Hall–Kier alpha value is -1.86. The minimum absolute atomic E-state index is 0.0878. The number of allylic oxidation sites excluding steroid dienone is 2. The van der Waals surface area contributed by atoms with Gasteiger partial charge in [0.25, 0.3) is 0 Å². The number of anilines is 1. The molecule has 0 aromatic carbocycles. The van der Waals surface area contributed by atoms with Crippen LogP contribution in [0.15, 0.2) is 34.5 Å². The van der Waals surface area contributed by atoms with Crippen molar-refractivity contribution in [3.63, 3.8) is 0 Å². The average molecular weight is 403 g/mol. The number of aromatic nitrogens is 3. The van der Waals surface area contributed by atoms with Crippen LogP contribution in [-0.4, -0.2) is 38.8 Å². The number of rotatable bonds is 5. The number of hydrogen-bond acceptors (Lipinski definition) is 6. The predicted octanol–water partition coefficient (Wildman–Crippen LogP) is 4.73. The zero-order chi connectivity index (χ0) is 18.9. The van der Waals surface area contributed by atoms with Crippen molar-refractivity contribution in [3.05, 3.63) is 29.6 Å². The lowest BCUT2D eigenvalue weighted by molar-refractivity contribution is 0.225. The van der Waals surface area contributed by atoms with Crippen LogP contribution >= 0.6 is 23.4 Å². The standard InChI is InChI=1S/C19H23ClN6S/c20-16(22)14(3-8-21)27-15-13-24-18(26-12-9-23-17(15)26)25-10-6-19(7-11-25)4-1-2-5-19/h3,8-9,12-13,21-22H,1-2,4-7,10-11H2/b14-3+,21-8?,22-16?. The number of nitrogens with zero attached hydrogens (tertiary/aromatic N) is 4. The van der Waals surface area contributed by atoms with Crippen LogP contribution in [0.2, 0.25) is 0 Å². The molecule has 1 saturated carbocycles. The van der Waals surface area contributed by atoms with Gasteiger partial charge in [-0.2, -0.15) is 0 Å². The van der Waals surface area contributed by atoms with Crippen LogP contribution in [0.1, 0.15) is 38.5 Å². The van der Waals surface area contributed by atoms with Crippen molar-refractivity contribution in [2.45, 2.75) is 43.4 Å². The first-order valence-electron chi connectivity index (χ1n) is 9.32. The Morgan fingerprint density at radius 1 is 1.19 bits per heavy atom. The summed E-state index contributed by atoms with van der Waals surface area (Å²) in [7, 11) is 0. The summed E-state index contributed by atoms with van der Waals surface area (Å²) in [5, 5.41) is 14.8. The van der Waals surface area contributed by atoms with Gasteiger partial charge in [-0.1, -0.05) is 36.2 Å². The van der Waals surface area contributed by atoms with Crippen molar-refractivity contribution in [2.75, 3.05) is 18.0 Å². The van der Waals surface area contributed by atoms with E-state index in [4.69, 9.17) is 27.4 Å². The van der Waals surface area contributed by atoms with Gasteiger partial charge in [-0.25, -0.2) is 9.97 Å². The van der Waals surface area contributed by atoms with Gasteiger partial charge in [0.15, 0.2) is 5.65 Å². The highest BCUT2D eigenvalue weighted by molar-refractivity contribution is 8.04. The van der Waals surface area contributed by atoms with Gasteiger partial charge >= 0.3 is 0 Å². The topological polar surface area (TPSA) is 81.1 Å². The molecule has 1 saturated heterocycles. The van der Waals surface area contributed by atoms with Crippen molar-refractivity contribution in [2.24, 2.45) is 5.41 Å². The average Bonchev–Trinajstić information content (AvgIpc) is 3.32. The predicted molar refractivity (Wildman–Crippen MR) is 112 cm³/mol.